The molecule has 0 amide bonds. The highest BCUT2D eigenvalue weighted by molar-refractivity contribution is 8.00. The molecule has 4 heteroatoms. The van der Waals surface area contributed by atoms with E-state index >= 15 is 0 Å². The van der Waals surface area contributed by atoms with Crippen molar-refractivity contribution in [3.8, 4) is 6.07 Å². The van der Waals surface area contributed by atoms with Crippen LogP contribution in [-0.4, -0.2) is 34.3 Å². The zero-order valence-corrected chi connectivity index (χ0v) is 11.7. The molecule has 3 atom stereocenters. The summed E-state index contributed by atoms with van der Waals surface area (Å²) >= 11 is 1.83. The molecule has 0 radical (unpaired) electrons. The number of nitrogens with one attached hydrogen (secondary N) is 1. The lowest BCUT2D eigenvalue weighted by Crippen LogP contribution is -2.48. The lowest BCUT2D eigenvalue weighted by molar-refractivity contribution is 0.293. The van der Waals surface area contributed by atoms with Crippen LogP contribution in [0.25, 0.3) is 0 Å². The average molecular weight is 256 g/mol. The summed E-state index contributed by atoms with van der Waals surface area (Å²) in [5.41, 5.74) is -0.318. The fourth-order valence-corrected chi connectivity index (χ4v) is 3.80. The molecule has 1 rings (SSSR count). The zero-order valence-electron chi connectivity index (χ0n) is 10.9. The smallest absolute Gasteiger partial charge is 0.107 e. The second-order valence-electron chi connectivity index (χ2n) is 4.97. The van der Waals surface area contributed by atoms with E-state index in [9.17, 15) is 5.26 Å². The first-order valence-electron chi connectivity index (χ1n) is 6.58. The average Bonchev–Trinajstić information content (AvgIpc) is 2.36. The van der Waals surface area contributed by atoms with Crippen molar-refractivity contribution in [3.05, 3.63) is 0 Å². The summed E-state index contributed by atoms with van der Waals surface area (Å²) in [5, 5.41) is 22.7. The number of rotatable bonds is 6. The van der Waals surface area contributed by atoms with Gasteiger partial charge in [-0.1, -0.05) is 13.8 Å². The van der Waals surface area contributed by atoms with Gasteiger partial charge in [-0.25, -0.2) is 0 Å². The maximum absolute atomic E-state index is 9.41. The monoisotopic (exact) mass is 256 g/mol. The Hall–Kier alpha value is -0.240. The Morgan fingerprint density at radius 3 is 3.00 bits per heavy atom. The molecule has 1 aliphatic carbocycles. The minimum absolute atomic E-state index is 0.225. The number of aliphatic hydroxyl groups excluding tert-OH is 1. The number of nitriles is 1. The molecule has 2 N–H and O–H groups in total. The van der Waals surface area contributed by atoms with Crippen LogP contribution in [0, 0.1) is 11.3 Å². The summed E-state index contributed by atoms with van der Waals surface area (Å²) in [6.07, 6.45) is 5.23. The molecule has 17 heavy (non-hydrogen) atoms. The van der Waals surface area contributed by atoms with E-state index in [1.165, 1.54) is 6.42 Å². The Bertz CT molecular complexity index is 267. The second-order valence-corrected chi connectivity index (χ2v) is 6.71. The Balaban J connectivity index is 2.53. The van der Waals surface area contributed by atoms with Crippen LogP contribution < -0.4 is 5.32 Å². The van der Waals surface area contributed by atoms with Gasteiger partial charge in [0.05, 0.1) is 12.7 Å². The van der Waals surface area contributed by atoms with Crippen molar-refractivity contribution < 1.29 is 5.11 Å². The van der Waals surface area contributed by atoms with Crippen molar-refractivity contribution in [3.63, 3.8) is 0 Å². The number of thioether (sulfide) groups is 1. The van der Waals surface area contributed by atoms with Gasteiger partial charge >= 0.3 is 0 Å². The third-order valence-electron chi connectivity index (χ3n) is 3.32. The van der Waals surface area contributed by atoms with E-state index in [0.29, 0.717) is 5.25 Å². The van der Waals surface area contributed by atoms with Crippen LogP contribution in [0.4, 0.5) is 0 Å². The van der Waals surface area contributed by atoms with Crippen LogP contribution in [-0.2, 0) is 0 Å². The summed E-state index contributed by atoms with van der Waals surface area (Å²) in [6.45, 7) is 5.32. The first kappa shape index (κ1) is 14.8. The van der Waals surface area contributed by atoms with Crippen molar-refractivity contribution in [2.75, 3.05) is 13.2 Å². The van der Waals surface area contributed by atoms with Crippen LogP contribution in [0.3, 0.4) is 0 Å². The summed E-state index contributed by atoms with van der Waals surface area (Å²) in [6, 6.07) is 2.49. The van der Waals surface area contributed by atoms with Crippen molar-refractivity contribution in [1.82, 2.24) is 5.32 Å². The Morgan fingerprint density at radius 2 is 2.41 bits per heavy atom. The van der Waals surface area contributed by atoms with Crippen LogP contribution >= 0.6 is 11.8 Å². The van der Waals surface area contributed by atoms with Gasteiger partial charge in [-0.05, 0) is 38.6 Å². The highest BCUT2D eigenvalue weighted by atomic mass is 32.2. The van der Waals surface area contributed by atoms with Gasteiger partial charge < -0.3 is 5.11 Å². The molecule has 3 nitrogen and oxygen atoms in total. The predicted molar refractivity (Wildman–Crippen MR) is 73.0 cm³/mol. The molecular weight excluding hydrogens is 232 g/mol. The van der Waals surface area contributed by atoms with E-state index in [1.807, 2.05) is 18.7 Å². The van der Waals surface area contributed by atoms with Crippen molar-refractivity contribution in [2.45, 2.75) is 62.0 Å². The molecule has 1 saturated carbocycles. The Labute approximate surface area is 109 Å². The fourth-order valence-electron chi connectivity index (χ4n) is 2.38. The van der Waals surface area contributed by atoms with Crippen LogP contribution in [0.2, 0.25) is 0 Å². The molecule has 3 unspecified atom stereocenters. The molecule has 0 aromatic rings. The van der Waals surface area contributed by atoms with Gasteiger partial charge in [-0.3, -0.25) is 5.32 Å². The summed E-state index contributed by atoms with van der Waals surface area (Å²) in [7, 11) is 0. The molecule has 0 aromatic heterocycles. The van der Waals surface area contributed by atoms with Gasteiger partial charge in [0.15, 0.2) is 0 Å². The first-order valence-corrected chi connectivity index (χ1v) is 7.52. The molecule has 0 bridgehead atoms. The minimum Gasteiger partial charge on any atom is -0.395 e. The summed E-state index contributed by atoms with van der Waals surface area (Å²) in [5.74, 6) is 0. The van der Waals surface area contributed by atoms with E-state index in [2.05, 4.69) is 18.3 Å². The third kappa shape index (κ3) is 4.50. The second kappa shape index (κ2) is 7.25. The maximum Gasteiger partial charge on any atom is 0.107 e. The van der Waals surface area contributed by atoms with Gasteiger partial charge in [0.25, 0.3) is 0 Å². The summed E-state index contributed by atoms with van der Waals surface area (Å²) in [4.78, 5) is 0. The maximum atomic E-state index is 9.41. The van der Waals surface area contributed by atoms with E-state index in [1.54, 1.807) is 0 Å². The molecule has 0 saturated heterocycles. The SMILES string of the molecule is CCCNC1(C#N)CCCC(SC(C)CO)C1. The van der Waals surface area contributed by atoms with E-state index < -0.39 is 0 Å². The lowest BCUT2D eigenvalue weighted by atomic mass is 9.82. The highest BCUT2D eigenvalue weighted by Gasteiger charge is 2.36. The zero-order chi connectivity index (χ0) is 12.7. The minimum atomic E-state index is -0.318. The van der Waals surface area contributed by atoms with Gasteiger partial charge in [0, 0.05) is 10.5 Å². The molecule has 1 fully saturated rings. The van der Waals surface area contributed by atoms with E-state index in [0.717, 1.165) is 32.2 Å². The van der Waals surface area contributed by atoms with Gasteiger partial charge in [0.1, 0.15) is 5.54 Å². The van der Waals surface area contributed by atoms with Crippen LogP contribution in [0.1, 0.15) is 46.0 Å². The normalized spacial score (nSPS) is 30.8. The van der Waals surface area contributed by atoms with E-state index in [-0.39, 0.29) is 17.4 Å². The van der Waals surface area contributed by atoms with Crippen molar-refractivity contribution in [1.29, 1.82) is 5.26 Å². The predicted octanol–water partition coefficient (Wildman–Crippen LogP) is 2.30. The lowest BCUT2D eigenvalue weighted by Gasteiger charge is -2.37. The standard InChI is InChI=1S/C13H24N2OS/c1-3-7-15-13(10-14)6-4-5-12(8-13)17-11(2)9-16/h11-12,15-16H,3-9H2,1-2H3. The Kier molecular flexibility index (Phi) is 6.32. The fraction of sp³-hybridized carbons (Fsp3) is 0.923. The Morgan fingerprint density at radius 1 is 1.65 bits per heavy atom. The molecule has 0 heterocycles. The topological polar surface area (TPSA) is 56.0 Å². The molecule has 0 aromatic carbocycles. The van der Waals surface area contributed by atoms with Gasteiger partial charge in [-0.2, -0.15) is 17.0 Å². The van der Waals surface area contributed by atoms with Crippen LogP contribution in [0.5, 0.6) is 0 Å². The third-order valence-corrected chi connectivity index (χ3v) is 4.72. The molecule has 0 spiro atoms. The molecule has 0 aliphatic heterocycles. The quantitative estimate of drug-likeness (QED) is 0.765. The molecule has 98 valence electrons. The molecule has 1 aliphatic rings. The number of nitrogens with zero attached hydrogens (tertiary/aromatic N) is 1. The number of aliphatic hydroxyl groups is 1. The highest BCUT2D eigenvalue weighted by Crippen LogP contribution is 2.36. The van der Waals surface area contributed by atoms with Crippen LogP contribution in [0.15, 0.2) is 0 Å². The van der Waals surface area contributed by atoms with Crippen molar-refractivity contribution >= 4 is 11.8 Å². The van der Waals surface area contributed by atoms with Gasteiger partial charge in [0.2, 0.25) is 0 Å². The number of hydrogen-bond donors (Lipinski definition) is 2. The first-order chi connectivity index (χ1) is 8.15. The number of hydrogen-bond acceptors (Lipinski definition) is 4. The van der Waals surface area contributed by atoms with Crippen molar-refractivity contribution in [2.24, 2.45) is 0 Å². The van der Waals surface area contributed by atoms with E-state index in [4.69, 9.17) is 5.11 Å². The largest absolute Gasteiger partial charge is 0.395 e. The molecular formula is C13H24N2OS. The summed E-state index contributed by atoms with van der Waals surface area (Å²) < 4.78 is 0. The van der Waals surface area contributed by atoms with Gasteiger partial charge in [-0.15, -0.1) is 0 Å².